The lowest BCUT2D eigenvalue weighted by atomic mass is 9.97. The molecule has 0 atom stereocenters. The summed E-state index contributed by atoms with van der Waals surface area (Å²) >= 11 is 4.80. The lowest BCUT2D eigenvalue weighted by Crippen LogP contribution is -2.31. The van der Waals surface area contributed by atoms with Crippen molar-refractivity contribution < 1.29 is 4.79 Å². The molecule has 0 aromatic heterocycles. The number of carbonyl (C=O) groups excluding carboxylic acids is 1. The van der Waals surface area contributed by atoms with Gasteiger partial charge in [0.25, 0.3) is 0 Å². The number of nitrogens with two attached hydrogens (primary N) is 1. The van der Waals surface area contributed by atoms with Crippen molar-refractivity contribution in [3.63, 3.8) is 0 Å². The highest BCUT2D eigenvalue weighted by atomic mass is 32.1. The van der Waals surface area contributed by atoms with Gasteiger partial charge in [-0.15, -0.1) is 0 Å². The molecular formula is C13H26N2OS. The Morgan fingerprint density at radius 3 is 2.29 bits per heavy atom. The molecule has 17 heavy (non-hydrogen) atoms. The van der Waals surface area contributed by atoms with Gasteiger partial charge >= 0.3 is 0 Å². The van der Waals surface area contributed by atoms with Crippen LogP contribution in [0.2, 0.25) is 0 Å². The lowest BCUT2D eigenvalue weighted by Gasteiger charge is -2.15. The Hall–Kier alpha value is -0.640. The van der Waals surface area contributed by atoms with Gasteiger partial charge in [-0.3, -0.25) is 4.79 Å². The van der Waals surface area contributed by atoms with Crippen molar-refractivity contribution in [1.29, 1.82) is 0 Å². The zero-order chi connectivity index (χ0) is 13.1. The number of rotatable bonds is 10. The zero-order valence-electron chi connectivity index (χ0n) is 11.1. The zero-order valence-corrected chi connectivity index (χ0v) is 11.9. The highest BCUT2D eigenvalue weighted by Crippen LogP contribution is 2.13. The van der Waals surface area contributed by atoms with Crippen LogP contribution < -0.4 is 11.1 Å². The average Bonchev–Trinajstić information content (AvgIpc) is 2.27. The number of carbonyl (C=O) groups is 1. The fourth-order valence-electron chi connectivity index (χ4n) is 1.88. The fourth-order valence-corrected chi connectivity index (χ4v) is 2.03. The van der Waals surface area contributed by atoms with Crippen LogP contribution in [0, 0.1) is 5.92 Å². The summed E-state index contributed by atoms with van der Waals surface area (Å²) in [6.07, 6.45) is 6.81. The van der Waals surface area contributed by atoms with Crippen molar-refractivity contribution in [2.24, 2.45) is 11.7 Å². The SMILES string of the molecule is CCCC(CCC)C(=O)NCCCCC(N)=S. The van der Waals surface area contributed by atoms with Gasteiger partial charge in [-0.1, -0.05) is 38.9 Å². The molecular weight excluding hydrogens is 232 g/mol. The predicted molar refractivity (Wildman–Crippen MR) is 77.0 cm³/mol. The molecule has 0 heterocycles. The van der Waals surface area contributed by atoms with Gasteiger partial charge in [0.2, 0.25) is 5.91 Å². The molecule has 0 saturated carbocycles. The predicted octanol–water partition coefficient (Wildman–Crippen LogP) is 2.78. The Kier molecular flexibility index (Phi) is 10.1. The second-order valence-electron chi connectivity index (χ2n) is 4.49. The van der Waals surface area contributed by atoms with Gasteiger partial charge in [0.1, 0.15) is 0 Å². The van der Waals surface area contributed by atoms with E-state index < -0.39 is 0 Å². The van der Waals surface area contributed by atoms with Gasteiger partial charge < -0.3 is 11.1 Å². The molecule has 4 heteroatoms. The van der Waals surface area contributed by atoms with Crippen LogP contribution in [0.3, 0.4) is 0 Å². The monoisotopic (exact) mass is 258 g/mol. The third kappa shape index (κ3) is 9.10. The molecule has 0 bridgehead atoms. The van der Waals surface area contributed by atoms with Crippen molar-refractivity contribution in [3.8, 4) is 0 Å². The summed E-state index contributed by atoms with van der Waals surface area (Å²) in [6, 6.07) is 0. The summed E-state index contributed by atoms with van der Waals surface area (Å²) < 4.78 is 0. The minimum atomic E-state index is 0.195. The summed E-state index contributed by atoms with van der Waals surface area (Å²) in [7, 11) is 0. The Morgan fingerprint density at radius 1 is 1.24 bits per heavy atom. The van der Waals surface area contributed by atoms with Gasteiger partial charge in [0.05, 0.1) is 4.99 Å². The maximum Gasteiger partial charge on any atom is 0.223 e. The lowest BCUT2D eigenvalue weighted by molar-refractivity contribution is -0.125. The normalized spacial score (nSPS) is 10.5. The maximum atomic E-state index is 11.9. The minimum Gasteiger partial charge on any atom is -0.393 e. The number of amides is 1. The molecule has 0 rings (SSSR count). The largest absolute Gasteiger partial charge is 0.393 e. The summed E-state index contributed by atoms with van der Waals surface area (Å²) in [5, 5.41) is 3.00. The molecule has 100 valence electrons. The standard InChI is InChI=1S/C13H26N2OS/c1-3-7-11(8-4-2)13(16)15-10-6-5-9-12(14)17/h11H,3-10H2,1-2H3,(H2,14,17)(H,15,16). The van der Waals surface area contributed by atoms with Gasteiger partial charge in [-0.05, 0) is 32.1 Å². The van der Waals surface area contributed by atoms with E-state index in [0.29, 0.717) is 4.99 Å². The summed E-state index contributed by atoms with van der Waals surface area (Å²) in [6.45, 7) is 4.99. The van der Waals surface area contributed by atoms with E-state index >= 15 is 0 Å². The molecule has 0 aliphatic rings. The van der Waals surface area contributed by atoms with Crippen LogP contribution >= 0.6 is 12.2 Å². The van der Waals surface area contributed by atoms with Crippen LogP contribution in [-0.2, 0) is 4.79 Å². The first-order chi connectivity index (χ1) is 8.11. The third-order valence-electron chi connectivity index (χ3n) is 2.79. The van der Waals surface area contributed by atoms with Crippen LogP contribution in [0.1, 0.15) is 58.8 Å². The van der Waals surface area contributed by atoms with Crippen LogP contribution in [-0.4, -0.2) is 17.4 Å². The van der Waals surface area contributed by atoms with Crippen LogP contribution in [0.15, 0.2) is 0 Å². The smallest absolute Gasteiger partial charge is 0.223 e. The van der Waals surface area contributed by atoms with Gasteiger partial charge in [0.15, 0.2) is 0 Å². The van der Waals surface area contributed by atoms with Crippen molar-refractivity contribution in [2.75, 3.05) is 6.54 Å². The topological polar surface area (TPSA) is 55.1 Å². The van der Waals surface area contributed by atoms with E-state index in [0.717, 1.165) is 51.5 Å². The minimum absolute atomic E-state index is 0.195. The molecule has 0 spiro atoms. The van der Waals surface area contributed by atoms with E-state index in [-0.39, 0.29) is 11.8 Å². The Balaban J connectivity index is 3.70. The second kappa shape index (κ2) is 10.5. The van der Waals surface area contributed by atoms with Crippen molar-refractivity contribution in [2.45, 2.75) is 58.8 Å². The van der Waals surface area contributed by atoms with Crippen molar-refractivity contribution in [3.05, 3.63) is 0 Å². The van der Waals surface area contributed by atoms with E-state index in [1.54, 1.807) is 0 Å². The van der Waals surface area contributed by atoms with Crippen LogP contribution in [0.5, 0.6) is 0 Å². The van der Waals surface area contributed by atoms with Gasteiger partial charge in [-0.25, -0.2) is 0 Å². The highest BCUT2D eigenvalue weighted by molar-refractivity contribution is 7.80. The van der Waals surface area contributed by atoms with Crippen molar-refractivity contribution in [1.82, 2.24) is 5.32 Å². The summed E-state index contributed by atoms with van der Waals surface area (Å²) in [4.78, 5) is 12.4. The molecule has 0 aliphatic heterocycles. The van der Waals surface area contributed by atoms with Crippen LogP contribution in [0.4, 0.5) is 0 Å². The molecule has 3 nitrogen and oxygen atoms in total. The van der Waals surface area contributed by atoms with Gasteiger partial charge in [0, 0.05) is 12.5 Å². The fraction of sp³-hybridized carbons (Fsp3) is 0.846. The quantitative estimate of drug-likeness (QED) is 0.468. The second-order valence-corrected chi connectivity index (χ2v) is 5.01. The van der Waals surface area contributed by atoms with E-state index in [2.05, 4.69) is 19.2 Å². The Morgan fingerprint density at radius 2 is 1.82 bits per heavy atom. The van der Waals surface area contributed by atoms with Crippen molar-refractivity contribution >= 4 is 23.1 Å². The highest BCUT2D eigenvalue weighted by Gasteiger charge is 2.15. The molecule has 0 aromatic carbocycles. The van der Waals surface area contributed by atoms with E-state index in [4.69, 9.17) is 18.0 Å². The Labute approximate surface area is 111 Å². The van der Waals surface area contributed by atoms with Gasteiger partial charge in [-0.2, -0.15) is 0 Å². The number of hydrogen-bond donors (Lipinski definition) is 2. The molecule has 1 amide bonds. The molecule has 0 unspecified atom stereocenters. The molecule has 0 aromatic rings. The molecule has 0 radical (unpaired) electrons. The molecule has 0 saturated heterocycles. The average molecular weight is 258 g/mol. The van der Waals surface area contributed by atoms with E-state index in [1.165, 1.54) is 0 Å². The van der Waals surface area contributed by atoms with Crippen LogP contribution in [0.25, 0.3) is 0 Å². The number of thiocarbonyl (C=S) groups is 1. The first kappa shape index (κ1) is 16.4. The number of nitrogens with one attached hydrogen (secondary N) is 1. The number of unbranched alkanes of at least 4 members (excludes halogenated alkanes) is 1. The molecule has 0 aliphatic carbocycles. The summed E-state index contributed by atoms with van der Waals surface area (Å²) in [5.74, 6) is 0.407. The molecule has 0 fully saturated rings. The first-order valence-corrected chi connectivity index (χ1v) is 7.08. The molecule has 3 N–H and O–H groups in total. The number of hydrogen-bond acceptors (Lipinski definition) is 2. The van der Waals surface area contributed by atoms with E-state index in [9.17, 15) is 4.79 Å². The maximum absolute atomic E-state index is 11.9. The third-order valence-corrected chi connectivity index (χ3v) is 3.00. The van der Waals surface area contributed by atoms with E-state index in [1.807, 2.05) is 0 Å². The summed E-state index contributed by atoms with van der Waals surface area (Å²) in [5.41, 5.74) is 5.41. The Bertz CT molecular complexity index is 225. The first-order valence-electron chi connectivity index (χ1n) is 6.67.